The summed E-state index contributed by atoms with van der Waals surface area (Å²) < 4.78 is 6.98. The lowest BCUT2D eigenvalue weighted by Crippen LogP contribution is -2.52. The van der Waals surface area contributed by atoms with Crippen molar-refractivity contribution in [3.8, 4) is 0 Å². The highest BCUT2D eigenvalue weighted by Crippen LogP contribution is 2.20. The molecule has 2 saturated heterocycles. The van der Waals surface area contributed by atoms with E-state index in [1.807, 2.05) is 24.4 Å². The van der Waals surface area contributed by atoms with Crippen LogP contribution < -0.4 is 15.8 Å². The molecule has 1 N–H and O–H groups in total. The summed E-state index contributed by atoms with van der Waals surface area (Å²) in [6.07, 6.45) is 1.75. The van der Waals surface area contributed by atoms with Gasteiger partial charge in [0.15, 0.2) is 4.96 Å². The first-order chi connectivity index (χ1) is 16.6. The largest absolute Gasteiger partial charge is 0.378 e. The van der Waals surface area contributed by atoms with Gasteiger partial charge in [-0.15, -0.1) is 11.3 Å². The van der Waals surface area contributed by atoms with E-state index in [9.17, 15) is 9.59 Å². The van der Waals surface area contributed by atoms with Gasteiger partial charge in [0.2, 0.25) is 5.91 Å². The third kappa shape index (κ3) is 5.15. The minimum absolute atomic E-state index is 0.00501. The number of anilines is 2. The molecule has 180 valence electrons. The van der Waals surface area contributed by atoms with Crippen molar-refractivity contribution in [2.24, 2.45) is 0 Å². The Morgan fingerprint density at radius 3 is 2.59 bits per heavy atom. The van der Waals surface area contributed by atoms with Gasteiger partial charge in [-0.1, -0.05) is 0 Å². The summed E-state index contributed by atoms with van der Waals surface area (Å²) in [6, 6.07) is 9.44. The number of nitrogens with zero attached hydrogens (tertiary/aromatic N) is 5. The Kier molecular flexibility index (Phi) is 6.91. The molecule has 0 aliphatic carbocycles. The van der Waals surface area contributed by atoms with Crippen LogP contribution in [0.1, 0.15) is 12.6 Å². The first-order valence-electron chi connectivity index (χ1n) is 11.7. The standard InChI is InChI=1S/C24H30N6O3S/c1-18(23(32)25-19-2-4-21(5-3-19)29-10-13-33-14-11-29)28-8-6-27(7-9-28)17-20-16-22(31)30-12-15-34-24(30)26-20/h2-5,12,15-16,18H,6-11,13-14,17H2,1H3,(H,25,32). The van der Waals surface area contributed by atoms with Crippen LogP contribution in [0.2, 0.25) is 0 Å². The number of benzene rings is 1. The maximum absolute atomic E-state index is 12.9. The number of hydrogen-bond acceptors (Lipinski definition) is 8. The molecule has 1 amide bonds. The summed E-state index contributed by atoms with van der Waals surface area (Å²) in [5, 5.41) is 4.93. The maximum Gasteiger partial charge on any atom is 0.258 e. The number of piperazine rings is 1. The number of fused-ring (bicyclic) bond motifs is 1. The fraction of sp³-hybridized carbons (Fsp3) is 0.458. The number of amides is 1. The molecule has 3 aromatic rings. The van der Waals surface area contributed by atoms with Crippen LogP contribution >= 0.6 is 11.3 Å². The van der Waals surface area contributed by atoms with Crippen molar-refractivity contribution in [2.75, 3.05) is 62.7 Å². The van der Waals surface area contributed by atoms with E-state index in [1.54, 1.807) is 16.7 Å². The minimum Gasteiger partial charge on any atom is -0.378 e. The Morgan fingerprint density at radius 1 is 1.12 bits per heavy atom. The number of thiazole rings is 1. The lowest BCUT2D eigenvalue weighted by Gasteiger charge is -2.37. The number of hydrogen-bond donors (Lipinski definition) is 1. The molecule has 2 aliphatic heterocycles. The van der Waals surface area contributed by atoms with Gasteiger partial charge in [-0.05, 0) is 31.2 Å². The van der Waals surface area contributed by atoms with Gasteiger partial charge in [0.05, 0.1) is 24.9 Å². The highest BCUT2D eigenvalue weighted by molar-refractivity contribution is 7.15. The van der Waals surface area contributed by atoms with Crippen molar-refractivity contribution in [3.05, 3.63) is 58.0 Å². The molecular formula is C24H30N6O3S. The molecule has 1 atom stereocenters. The number of morpholine rings is 1. The Balaban J connectivity index is 1.12. The molecule has 0 spiro atoms. The topological polar surface area (TPSA) is 82.4 Å². The molecule has 10 heteroatoms. The Hall–Kier alpha value is -2.79. The van der Waals surface area contributed by atoms with Crippen molar-refractivity contribution in [1.29, 1.82) is 0 Å². The minimum atomic E-state index is -0.216. The van der Waals surface area contributed by atoms with Gasteiger partial charge in [-0.3, -0.25) is 23.8 Å². The predicted molar refractivity (Wildman–Crippen MR) is 134 cm³/mol. The van der Waals surface area contributed by atoms with E-state index in [1.165, 1.54) is 11.3 Å². The van der Waals surface area contributed by atoms with E-state index >= 15 is 0 Å². The van der Waals surface area contributed by atoms with Crippen molar-refractivity contribution in [3.63, 3.8) is 0 Å². The summed E-state index contributed by atoms with van der Waals surface area (Å²) in [4.78, 5) is 37.2. The van der Waals surface area contributed by atoms with Crippen molar-refractivity contribution < 1.29 is 9.53 Å². The third-order valence-electron chi connectivity index (χ3n) is 6.59. The van der Waals surface area contributed by atoms with Crippen LogP contribution in [0, 0.1) is 0 Å². The molecule has 0 radical (unpaired) electrons. The molecule has 1 unspecified atom stereocenters. The van der Waals surface area contributed by atoms with Gasteiger partial charge in [-0.2, -0.15) is 0 Å². The summed E-state index contributed by atoms with van der Waals surface area (Å²) in [7, 11) is 0. The molecule has 1 aromatic carbocycles. The molecule has 4 heterocycles. The molecule has 2 aromatic heterocycles. The van der Waals surface area contributed by atoms with Gasteiger partial charge in [0.1, 0.15) is 0 Å². The second-order valence-corrected chi connectivity index (χ2v) is 9.64. The van der Waals surface area contributed by atoms with Gasteiger partial charge in [0, 0.05) is 74.8 Å². The number of rotatable bonds is 6. The summed E-state index contributed by atoms with van der Waals surface area (Å²) in [5.41, 5.74) is 2.73. The fourth-order valence-corrected chi connectivity index (χ4v) is 5.23. The van der Waals surface area contributed by atoms with E-state index in [0.717, 1.165) is 74.5 Å². The number of ether oxygens (including phenoxy) is 1. The number of carbonyl (C=O) groups excluding carboxylic acids is 1. The molecule has 2 fully saturated rings. The van der Waals surface area contributed by atoms with Crippen molar-refractivity contribution in [2.45, 2.75) is 19.5 Å². The Labute approximate surface area is 202 Å². The van der Waals surface area contributed by atoms with E-state index in [-0.39, 0.29) is 17.5 Å². The van der Waals surface area contributed by atoms with Crippen LogP contribution in [0.15, 0.2) is 46.7 Å². The van der Waals surface area contributed by atoms with Crippen LogP contribution in [-0.2, 0) is 16.1 Å². The Bertz CT molecular complexity index is 1180. The average Bonchev–Trinajstić information content (AvgIpc) is 3.34. The highest BCUT2D eigenvalue weighted by atomic mass is 32.1. The average molecular weight is 483 g/mol. The van der Waals surface area contributed by atoms with Crippen LogP contribution in [0.4, 0.5) is 11.4 Å². The van der Waals surface area contributed by atoms with Gasteiger partial charge < -0.3 is 15.0 Å². The molecule has 9 nitrogen and oxygen atoms in total. The van der Waals surface area contributed by atoms with Gasteiger partial charge in [0.25, 0.3) is 5.56 Å². The lowest BCUT2D eigenvalue weighted by molar-refractivity contribution is -0.121. The summed E-state index contributed by atoms with van der Waals surface area (Å²) in [5.74, 6) is 0.00501. The number of carbonyl (C=O) groups is 1. The molecular weight excluding hydrogens is 452 g/mol. The molecule has 5 rings (SSSR count). The summed E-state index contributed by atoms with van der Waals surface area (Å²) in [6.45, 7) is 9.15. The smallest absolute Gasteiger partial charge is 0.258 e. The molecule has 0 saturated carbocycles. The first kappa shape index (κ1) is 23.0. The fourth-order valence-electron chi connectivity index (χ4n) is 4.50. The summed E-state index contributed by atoms with van der Waals surface area (Å²) >= 11 is 1.47. The zero-order valence-electron chi connectivity index (χ0n) is 19.4. The van der Waals surface area contributed by atoms with Crippen molar-refractivity contribution in [1.82, 2.24) is 19.2 Å². The normalized spacial score (nSPS) is 18.8. The second kappa shape index (κ2) is 10.2. The molecule has 0 bridgehead atoms. The monoisotopic (exact) mass is 482 g/mol. The van der Waals surface area contributed by atoms with Crippen LogP contribution in [0.25, 0.3) is 4.96 Å². The van der Waals surface area contributed by atoms with E-state index in [0.29, 0.717) is 6.54 Å². The third-order valence-corrected chi connectivity index (χ3v) is 7.34. The van der Waals surface area contributed by atoms with Crippen LogP contribution in [0.3, 0.4) is 0 Å². The number of nitrogens with one attached hydrogen (secondary N) is 1. The molecule has 34 heavy (non-hydrogen) atoms. The zero-order chi connectivity index (χ0) is 23.5. The zero-order valence-corrected chi connectivity index (χ0v) is 20.2. The molecule has 2 aliphatic rings. The van der Waals surface area contributed by atoms with Crippen LogP contribution in [0.5, 0.6) is 0 Å². The van der Waals surface area contributed by atoms with Gasteiger partial charge >= 0.3 is 0 Å². The lowest BCUT2D eigenvalue weighted by atomic mass is 10.2. The van der Waals surface area contributed by atoms with E-state index in [2.05, 4.69) is 37.1 Å². The predicted octanol–water partition coefficient (Wildman–Crippen LogP) is 1.74. The second-order valence-electron chi connectivity index (χ2n) is 8.76. The van der Waals surface area contributed by atoms with E-state index in [4.69, 9.17) is 4.74 Å². The van der Waals surface area contributed by atoms with Crippen LogP contribution in [-0.4, -0.2) is 83.6 Å². The van der Waals surface area contributed by atoms with Gasteiger partial charge in [-0.25, -0.2) is 4.98 Å². The number of aromatic nitrogens is 2. The Morgan fingerprint density at radius 2 is 1.85 bits per heavy atom. The van der Waals surface area contributed by atoms with E-state index < -0.39 is 0 Å². The maximum atomic E-state index is 12.9. The van der Waals surface area contributed by atoms with Crippen molar-refractivity contribution >= 4 is 33.6 Å². The first-order valence-corrected chi connectivity index (χ1v) is 12.6. The highest BCUT2D eigenvalue weighted by Gasteiger charge is 2.26. The quantitative estimate of drug-likeness (QED) is 0.573. The SMILES string of the molecule is CC(C(=O)Nc1ccc(N2CCOCC2)cc1)N1CCN(Cc2cc(=O)n3ccsc3n2)CC1.